The van der Waals surface area contributed by atoms with E-state index in [4.69, 9.17) is 5.11 Å². The van der Waals surface area contributed by atoms with E-state index in [0.29, 0.717) is 5.69 Å². The Morgan fingerprint density at radius 3 is 2.61 bits per heavy atom. The Morgan fingerprint density at radius 1 is 1.33 bits per heavy atom. The molecule has 0 fully saturated rings. The molecule has 2 N–H and O–H groups in total. The van der Waals surface area contributed by atoms with E-state index in [2.05, 4.69) is 11.9 Å². The van der Waals surface area contributed by atoms with Gasteiger partial charge < -0.3 is 10.4 Å². The van der Waals surface area contributed by atoms with Crippen LogP contribution in [0.1, 0.15) is 18.9 Å². The van der Waals surface area contributed by atoms with Gasteiger partial charge in [0.25, 0.3) is 0 Å². The molecule has 0 spiro atoms. The summed E-state index contributed by atoms with van der Waals surface area (Å²) in [4.78, 5) is 21.8. The van der Waals surface area contributed by atoms with Crippen molar-refractivity contribution in [2.24, 2.45) is 0 Å². The number of anilines is 1. The summed E-state index contributed by atoms with van der Waals surface area (Å²) in [5, 5.41) is 11.1. The molecule has 0 saturated carbocycles. The highest BCUT2D eigenvalue weighted by Crippen LogP contribution is 2.24. The first-order valence-corrected chi connectivity index (χ1v) is 5.53. The zero-order valence-corrected chi connectivity index (χ0v) is 10.1. The summed E-state index contributed by atoms with van der Waals surface area (Å²) in [7, 11) is 0. The molecule has 4 heteroatoms. The summed E-state index contributed by atoms with van der Waals surface area (Å²) >= 11 is 0. The van der Waals surface area contributed by atoms with E-state index in [1.807, 2.05) is 19.1 Å². The third-order valence-electron chi connectivity index (χ3n) is 2.37. The Hall–Kier alpha value is -2.36. The first kappa shape index (κ1) is 13.7. The van der Waals surface area contributed by atoms with Crippen LogP contribution in [-0.4, -0.2) is 17.0 Å². The number of rotatable bonds is 5. The minimum atomic E-state index is -1.16. The van der Waals surface area contributed by atoms with Gasteiger partial charge in [0.2, 0.25) is 5.91 Å². The fourth-order valence-corrected chi connectivity index (χ4v) is 1.41. The van der Waals surface area contributed by atoms with Crippen molar-refractivity contribution in [3.63, 3.8) is 0 Å². The lowest BCUT2D eigenvalue weighted by Gasteiger charge is -2.10. The second-order valence-corrected chi connectivity index (χ2v) is 3.66. The van der Waals surface area contributed by atoms with E-state index < -0.39 is 11.9 Å². The second-order valence-electron chi connectivity index (χ2n) is 3.66. The van der Waals surface area contributed by atoms with Gasteiger partial charge in [-0.05, 0) is 18.1 Å². The molecule has 1 aromatic rings. The lowest BCUT2D eigenvalue weighted by molar-refractivity contribution is -0.131. The highest BCUT2D eigenvalue weighted by molar-refractivity contribution is 6.03. The number of hydrogen-bond donors (Lipinski definition) is 2. The van der Waals surface area contributed by atoms with Crippen LogP contribution < -0.4 is 5.32 Å². The van der Waals surface area contributed by atoms with Crippen molar-refractivity contribution in [1.82, 2.24) is 0 Å². The fraction of sp³-hybridized carbons (Fsp3) is 0.143. The molecule has 0 aliphatic heterocycles. The molecule has 94 valence electrons. The summed E-state index contributed by atoms with van der Waals surface area (Å²) in [5.74, 6) is -1.63. The van der Waals surface area contributed by atoms with Gasteiger partial charge in [0.1, 0.15) is 0 Å². The molecular formula is C14H15NO3. The third-order valence-corrected chi connectivity index (χ3v) is 2.37. The monoisotopic (exact) mass is 245 g/mol. The van der Waals surface area contributed by atoms with Gasteiger partial charge in [-0.3, -0.25) is 4.79 Å². The SMILES string of the molecule is C=C(CC)c1ccccc1NC(=O)C=CC(=O)O. The number of carbonyl (C=O) groups excluding carboxylic acids is 1. The number of benzene rings is 1. The van der Waals surface area contributed by atoms with Gasteiger partial charge in [-0.15, -0.1) is 0 Å². The Morgan fingerprint density at radius 2 is 2.00 bits per heavy atom. The van der Waals surface area contributed by atoms with Crippen molar-refractivity contribution in [1.29, 1.82) is 0 Å². The van der Waals surface area contributed by atoms with Crippen molar-refractivity contribution >= 4 is 23.1 Å². The molecule has 1 aromatic carbocycles. The average Bonchev–Trinajstić information content (AvgIpc) is 2.36. The predicted octanol–water partition coefficient (Wildman–Crippen LogP) is 2.69. The van der Waals surface area contributed by atoms with Crippen LogP contribution in [0.15, 0.2) is 43.0 Å². The number of nitrogens with one attached hydrogen (secondary N) is 1. The van der Waals surface area contributed by atoms with Crippen LogP contribution >= 0.6 is 0 Å². The molecule has 1 amide bonds. The van der Waals surface area contributed by atoms with Crippen molar-refractivity contribution in [3.8, 4) is 0 Å². The molecule has 0 heterocycles. The van der Waals surface area contributed by atoms with E-state index in [0.717, 1.165) is 29.7 Å². The van der Waals surface area contributed by atoms with E-state index >= 15 is 0 Å². The molecule has 0 aromatic heterocycles. The third kappa shape index (κ3) is 3.90. The van der Waals surface area contributed by atoms with Crippen LogP contribution in [-0.2, 0) is 9.59 Å². The molecule has 1 rings (SSSR count). The second kappa shape index (κ2) is 6.39. The molecule has 0 unspecified atom stereocenters. The lowest BCUT2D eigenvalue weighted by atomic mass is 10.0. The van der Waals surface area contributed by atoms with E-state index in [-0.39, 0.29) is 0 Å². The summed E-state index contributed by atoms with van der Waals surface area (Å²) in [5.41, 5.74) is 2.40. The standard InChI is InChI=1S/C14H15NO3/c1-3-10(2)11-6-4-5-7-12(11)15-13(16)8-9-14(17)18/h4-9H,2-3H2,1H3,(H,15,16)(H,17,18). The number of para-hydroxylation sites is 1. The maximum absolute atomic E-state index is 11.5. The van der Waals surface area contributed by atoms with Crippen molar-refractivity contribution in [3.05, 3.63) is 48.6 Å². The van der Waals surface area contributed by atoms with Crippen molar-refractivity contribution < 1.29 is 14.7 Å². The smallest absolute Gasteiger partial charge is 0.328 e. The predicted molar refractivity (Wildman–Crippen MR) is 71.2 cm³/mol. The Labute approximate surface area is 106 Å². The first-order valence-electron chi connectivity index (χ1n) is 5.53. The van der Waals surface area contributed by atoms with Crippen LogP contribution in [0.4, 0.5) is 5.69 Å². The van der Waals surface area contributed by atoms with E-state index in [9.17, 15) is 9.59 Å². The Balaban J connectivity index is 2.88. The summed E-state index contributed by atoms with van der Waals surface area (Å²) in [6.45, 7) is 5.90. The molecule has 0 atom stereocenters. The maximum Gasteiger partial charge on any atom is 0.328 e. The maximum atomic E-state index is 11.5. The molecule has 0 radical (unpaired) electrons. The fourth-order valence-electron chi connectivity index (χ4n) is 1.41. The van der Waals surface area contributed by atoms with Gasteiger partial charge in [-0.25, -0.2) is 4.79 Å². The number of aliphatic carboxylic acids is 1. The summed E-state index contributed by atoms with van der Waals surface area (Å²) in [6.07, 6.45) is 2.55. The van der Waals surface area contributed by atoms with E-state index in [1.165, 1.54) is 0 Å². The zero-order chi connectivity index (χ0) is 13.5. The van der Waals surface area contributed by atoms with Crippen LogP contribution in [0.3, 0.4) is 0 Å². The Bertz CT molecular complexity index is 504. The van der Waals surface area contributed by atoms with Gasteiger partial charge in [-0.2, -0.15) is 0 Å². The number of carbonyl (C=O) groups is 2. The van der Waals surface area contributed by atoms with Gasteiger partial charge in [0, 0.05) is 23.4 Å². The summed E-state index contributed by atoms with van der Waals surface area (Å²) < 4.78 is 0. The topological polar surface area (TPSA) is 66.4 Å². The van der Waals surface area contributed by atoms with Crippen LogP contribution in [0.25, 0.3) is 5.57 Å². The van der Waals surface area contributed by atoms with Crippen LogP contribution in [0.2, 0.25) is 0 Å². The molecule has 4 nitrogen and oxygen atoms in total. The highest BCUT2D eigenvalue weighted by Gasteiger charge is 2.06. The number of carboxylic acids is 1. The van der Waals surface area contributed by atoms with Gasteiger partial charge in [0.15, 0.2) is 0 Å². The molecule has 0 saturated heterocycles. The number of allylic oxidation sites excluding steroid dienone is 1. The summed E-state index contributed by atoms with van der Waals surface area (Å²) in [6, 6.07) is 7.27. The molecule has 0 aliphatic carbocycles. The largest absolute Gasteiger partial charge is 0.478 e. The van der Waals surface area contributed by atoms with Crippen LogP contribution in [0, 0.1) is 0 Å². The first-order chi connectivity index (χ1) is 8.54. The average molecular weight is 245 g/mol. The number of hydrogen-bond acceptors (Lipinski definition) is 2. The minimum Gasteiger partial charge on any atom is -0.478 e. The number of carboxylic acid groups (broad SMARTS) is 1. The van der Waals surface area contributed by atoms with Gasteiger partial charge in [0.05, 0.1) is 0 Å². The molecule has 18 heavy (non-hydrogen) atoms. The van der Waals surface area contributed by atoms with Gasteiger partial charge >= 0.3 is 5.97 Å². The van der Waals surface area contributed by atoms with Crippen molar-refractivity contribution in [2.75, 3.05) is 5.32 Å². The molecular weight excluding hydrogens is 230 g/mol. The number of amides is 1. The normalized spacial score (nSPS) is 10.3. The quantitative estimate of drug-likeness (QED) is 0.784. The lowest BCUT2D eigenvalue weighted by Crippen LogP contribution is -2.10. The minimum absolute atomic E-state index is 0.478. The molecule has 0 aliphatic rings. The van der Waals surface area contributed by atoms with Crippen molar-refractivity contribution in [2.45, 2.75) is 13.3 Å². The highest BCUT2D eigenvalue weighted by atomic mass is 16.4. The van der Waals surface area contributed by atoms with Crippen LogP contribution in [0.5, 0.6) is 0 Å². The Kier molecular flexibility index (Phi) is 4.87. The zero-order valence-electron chi connectivity index (χ0n) is 10.1. The van der Waals surface area contributed by atoms with Gasteiger partial charge in [-0.1, -0.05) is 31.7 Å². The van der Waals surface area contributed by atoms with E-state index in [1.54, 1.807) is 12.1 Å². The molecule has 0 bridgehead atoms.